The Bertz CT molecular complexity index is 192. The minimum atomic E-state index is 0.134. The average molecular weight is 295 g/mol. The van der Waals surface area contributed by atoms with Gasteiger partial charge in [0.2, 0.25) is 5.91 Å². The van der Waals surface area contributed by atoms with E-state index in [1.165, 1.54) is 0 Å². The summed E-state index contributed by atoms with van der Waals surface area (Å²) in [7, 11) is 0. The molecule has 0 aliphatic rings. The van der Waals surface area contributed by atoms with Gasteiger partial charge in [-0.1, -0.05) is 0 Å². The second-order valence-electron chi connectivity index (χ2n) is 3.89. The van der Waals surface area contributed by atoms with Gasteiger partial charge in [0.1, 0.15) is 0 Å². The van der Waals surface area contributed by atoms with Crippen LogP contribution in [0.5, 0.6) is 0 Å². The van der Waals surface area contributed by atoms with Gasteiger partial charge in [0, 0.05) is 31.5 Å². The molecule has 0 aliphatic carbocycles. The van der Waals surface area contributed by atoms with Crippen molar-refractivity contribution in [3.63, 3.8) is 0 Å². The van der Waals surface area contributed by atoms with Gasteiger partial charge in [-0.25, -0.2) is 0 Å². The number of hydrogen-bond donors (Lipinski definition) is 2. The van der Waals surface area contributed by atoms with Crippen LogP contribution in [0.1, 0.15) is 19.8 Å². The minimum absolute atomic E-state index is 0.134. The molecule has 0 rings (SSSR count). The summed E-state index contributed by atoms with van der Waals surface area (Å²) >= 11 is 3.44. The maximum absolute atomic E-state index is 11.4. The van der Waals surface area contributed by atoms with Crippen molar-refractivity contribution in [2.75, 3.05) is 49.3 Å². The Balaban J connectivity index is 3.56. The smallest absolute Gasteiger partial charge is 0.219 e. The van der Waals surface area contributed by atoms with E-state index in [9.17, 15) is 4.79 Å². The topological polar surface area (TPSA) is 60.8 Å². The number of aliphatic hydroxyl groups is 2. The van der Waals surface area contributed by atoms with Gasteiger partial charge < -0.3 is 15.1 Å². The van der Waals surface area contributed by atoms with E-state index in [1.54, 1.807) is 30.4 Å². The third-order valence-electron chi connectivity index (χ3n) is 2.35. The molecule has 0 saturated carbocycles. The minimum Gasteiger partial charge on any atom is -0.396 e. The first-order valence-corrected chi connectivity index (χ1v) is 8.66. The lowest BCUT2D eigenvalue weighted by Gasteiger charge is -2.20. The zero-order valence-corrected chi connectivity index (χ0v) is 12.8. The van der Waals surface area contributed by atoms with Gasteiger partial charge >= 0.3 is 0 Å². The Kier molecular flexibility index (Phi) is 13.6. The first-order valence-electron chi connectivity index (χ1n) is 6.35. The quantitative estimate of drug-likeness (QED) is 0.527. The summed E-state index contributed by atoms with van der Waals surface area (Å²) in [5, 5.41) is 17.3. The molecule has 2 N–H and O–H groups in total. The molecule has 0 aromatic rings. The second kappa shape index (κ2) is 13.5. The fraction of sp³-hybridized carbons (Fsp3) is 0.917. The number of thioether (sulfide) groups is 2. The lowest BCUT2D eigenvalue weighted by Crippen LogP contribution is -2.31. The molecule has 6 heteroatoms. The van der Waals surface area contributed by atoms with Gasteiger partial charge in [-0.05, 0) is 24.3 Å². The van der Waals surface area contributed by atoms with Gasteiger partial charge in [-0.3, -0.25) is 4.79 Å². The molecule has 0 bridgehead atoms. The SMILES string of the molecule is CC(=O)N(CCCSCCO)CCCSCCO. The highest BCUT2D eigenvalue weighted by Crippen LogP contribution is 2.06. The molecular weight excluding hydrogens is 270 g/mol. The van der Waals surface area contributed by atoms with Gasteiger partial charge in [-0.2, -0.15) is 23.5 Å². The number of hydrogen-bond acceptors (Lipinski definition) is 5. The zero-order chi connectivity index (χ0) is 13.6. The number of aliphatic hydroxyl groups excluding tert-OH is 2. The highest BCUT2D eigenvalue weighted by Gasteiger charge is 2.07. The maximum atomic E-state index is 11.4. The van der Waals surface area contributed by atoms with E-state index in [4.69, 9.17) is 10.2 Å². The Hall–Kier alpha value is 0.0900. The molecule has 0 aliphatic heterocycles. The van der Waals surface area contributed by atoms with Crippen LogP contribution < -0.4 is 0 Å². The van der Waals surface area contributed by atoms with Crippen molar-refractivity contribution < 1.29 is 15.0 Å². The third-order valence-corrected chi connectivity index (χ3v) is 4.45. The van der Waals surface area contributed by atoms with Crippen LogP contribution in [0, 0.1) is 0 Å². The van der Waals surface area contributed by atoms with Crippen molar-refractivity contribution in [1.82, 2.24) is 4.90 Å². The number of nitrogens with zero attached hydrogens (tertiary/aromatic N) is 1. The van der Waals surface area contributed by atoms with Gasteiger partial charge in [0.15, 0.2) is 0 Å². The Morgan fingerprint density at radius 2 is 1.39 bits per heavy atom. The molecular formula is C12H25NO3S2. The normalized spacial score (nSPS) is 10.6. The summed E-state index contributed by atoms with van der Waals surface area (Å²) in [5.74, 6) is 3.66. The molecule has 0 radical (unpaired) electrons. The molecule has 1 amide bonds. The first kappa shape index (κ1) is 18.1. The van der Waals surface area contributed by atoms with E-state index in [2.05, 4.69) is 0 Å². The average Bonchev–Trinajstić information content (AvgIpc) is 2.35. The van der Waals surface area contributed by atoms with Crippen molar-refractivity contribution in [3.8, 4) is 0 Å². The van der Waals surface area contributed by atoms with Crippen LogP contribution in [-0.4, -0.2) is 70.3 Å². The molecule has 0 heterocycles. The number of rotatable bonds is 12. The number of carbonyl (C=O) groups is 1. The molecule has 0 unspecified atom stereocenters. The summed E-state index contributed by atoms with van der Waals surface area (Å²) in [6, 6.07) is 0. The van der Waals surface area contributed by atoms with Crippen molar-refractivity contribution in [3.05, 3.63) is 0 Å². The number of carbonyl (C=O) groups excluding carboxylic acids is 1. The van der Waals surface area contributed by atoms with Gasteiger partial charge in [0.05, 0.1) is 13.2 Å². The van der Waals surface area contributed by atoms with Crippen molar-refractivity contribution in [2.24, 2.45) is 0 Å². The second-order valence-corrected chi connectivity index (χ2v) is 6.33. The Morgan fingerprint density at radius 3 is 1.72 bits per heavy atom. The highest BCUT2D eigenvalue weighted by atomic mass is 32.2. The first-order chi connectivity index (χ1) is 8.72. The van der Waals surface area contributed by atoms with E-state index in [-0.39, 0.29) is 19.1 Å². The van der Waals surface area contributed by atoms with Crippen LogP contribution in [0.25, 0.3) is 0 Å². The van der Waals surface area contributed by atoms with Crippen molar-refractivity contribution in [1.29, 1.82) is 0 Å². The summed E-state index contributed by atoms with van der Waals surface area (Å²) in [6.45, 7) is 3.67. The van der Waals surface area contributed by atoms with E-state index >= 15 is 0 Å². The summed E-state index contributed by atoms with van der Waals surface area (Å²) in [5.41, 5.74) is 0. The molecule has 0 spiro atoms. The van der Waals surface area contributed by atoms with Crippen LogP contribution in [0.2, 0.25) is 0 Å². The predicted octanol–water partition coefficient (Wildman–Crippen LogP) is 1.07. The lowest BCUT2D eigenvalue weighted by atomic mass is 10.3. The van der Waals surface area contributed by atoms with Crippen LogP contribution >= 0.6 is 23.5 Å². The summed E-state index contributed by atoms with van der Waals surface area (Å²) < 4.78 is 0. The fourth-order valence-corrected chi connectivity index (χ4v) is 2.81. The van der Waals surface area contributed by atoms with Crippen LogP contribution in [0.15, 0.2) is 0 Å². The van der Waals surface area contributed by atoms with E-state index in [1.807, 2.05) is 4.90 Å². The summed E-state index contributed by atoms with van der Waals surface area (Å²) in [4.78, 5) is 13.3. The van der Waals surface area contributed by atoms with Crippen LogP contribution in [0.3, 0.4) is 0 Å². The molecule has 0 atom stereocenters. The molecule has 0 aromatic carbocycles. The van der Waals surface area contributed by atoms with E-state index < -0.39 is 0 Å². The molecule has 4 nitrogen and oxygen atoms in total. The maximum Gasteiger partial charge on any atom is 0.219 e. The molecule has 0 fully saturated rings. The van der Waals surface area contributed by atoms with E-state index in [0.717, 1.165) is 48.9 Å². The van der Waals surface area contributed by atoms with Crippen molar-refractivity contribution >= 4 is 29.4 Å². The van der Waals surface area contributed by atoms with Gasteiger partial charge in [-0.15, -0.1) is 0 Å². The predicted molar refractivity (Wildman–Crippen MR) is 80.3 cm³/mol. The monoisotopic (exact) mass is 295 g/mol. The third kappa shape index (κ3) is 11.2. The highest BCUT2D eigenvalue weighted by molar-refractivity contribution is 7.99. The lowest BCUT2D eigenvalue weighted by molar-refractivity contribution is -0.128. The van der Waals surface area contributed by atoms with Crippen LogP contribution in [0.4, 0.5) is 0 Å². The Labute approximate surface area is 119 Å². The number of amides is 1. The van der Waals surface area contributed by atoms with E-state index in [0.29, 0.717) is 0 Å². The summed E-state index contributed by atoms with van der Waals surface area (Å²) in [6.07, 6.45) is 1.96. The van der Waals surface area contributed by atoms with Crippen LogP contribution in [-0.2, 0) is 4.79 Å². The molecule has 108 valence electrons. The van der Waals surface area contributed by atoms with Crippen molar-refractivity contribution in [2.45, 2.75) is 19.8 Å². The Morgan fingerprint density at radius 1 is 0.944 bits per heavy atom. The largest absolute Gasteiger partial charge is 0.396 e. The molecule has 0 saturated heterocycles. The standard InChI is InChI=1S/C12H25NO3S2/c1-12(16)13(4-2-8-17-10-6-14)5-3-9-18-11-7-15/h14-15H,2-11H2,1H3. The molecule has 0 aromatic heterocycles. The fourth-order valence-electron chi connectivity index (χ4n) is 1.47. The molecule has 18 heavy (non-hydrogen) atoms. The zero-order valence-electron chi connectivity index (χ0n) is 11.1. The van der Waals surface area contributed by atoms with Gasteiger partial charge in [0.25, 0.3) is 0 Å².